The van der Waals surface area contributed by atoms with Crippen LogP contribution < -0.4 is 0 Å². The van der Waals surface area contributed by atoms with E-state index in [0.717, 1.165) is 24.2 Å². The van der Waals surface area contributed by atoms with Gasteiger partial charge in [-0.05, 0) is 24.3 Å². The first-order chi connectivity index (χ1) is 10.3. The van der Waals surface area contributed by atoms with Crippen molar-refractivity contribution in [1.82, 2.24) is 9.55 Å². The molecule has 3 saturated carbocycles. The molecule has 3 aliphatic carbocycles. The number of hydrogen-bond donors (Lipinski definition) is 0. The molecular formula is C17H19FN2O. The molecule has 3 nitrogen and oxygen atoms in total. The summed E-state index contributed by atoms with van der Waals surface area (Å²) < 4.78 is 21.7. The fourth-order valence-corrected chi connectivity index (χ4v) is 3.87. The minimum Gasteiger partial charge on any atom is -0.369 e. The summed E-state index contributed by atoms with van der Waals surface area (Å²) in [5, 5.41) is 0. The van der Waals surface area contributed by atoms with Crippen LogP contribution in [0, 0.1) is 5.92 Å². The van der Waals surface area contributed by atoms with Crippen LogP contribution in [-0.4, -0.2) is 15.7 Å². The summed E-state index contributed by atoms with van der Waals surface area (Å²) in [5.41, 5.74) is 1.13. The maximum absolute atomic E-state index is 13.7. The third-order valence-corrected chi connectivity index (χ3v) is 4.94. The van der Waals surface area contributed by atoms with Crippen molar-refractivity contribution in [3.8, 4) is 0 Å². The monoisotopic (exact) mass is 286 g/mol. The lowest BCUT2D eigenvalue weighted by Gasteiger charge is -2.40. The largest absolute Gasteiger partial charge is 0.369 e. The van der Waals surface area contributed by atoms with Crippen molar-refractivity contribution in [1.29, 1.82) is 0 Å². The van der Waals surface area contributed by atoms with Crippen molar-refractivity contribution >= 4 is 0 Å². The molecule has 0 amide bonds. The van der Waals surface area contributed by atoms with Crippen molar-refractivity contribution in [3.63, 3.8) is 0 Å². The number of alkyl halides is 1. The van der Waals surface area contributed by atoms with Gasteiger partial charge in [0, 0.05) is 24.4 Å². The Morgan fingerprint density at radius 2 is 2.00 bits per heavy atom. The van der Waals surface area contributed by atoms with Gasteiger partial charge in [-0.25, -0.2) is 9.37 Å². The minimum absolute atomic E-state index is 0.0218. The zero-order valence-electron chi connectivity index (χ0n) is 11.9. The summed E-state index contributed by atoms with van der Waals surface area (Å²) in [4.78, 5) is 4.40. The van der Waals surface area contributed by atoms with Crippen molar-refractivity contribution in [3.05, 3.63) is 54.1 Å². The molecule has 0 radical (unpaired) electrons. The zero-order valence-corrected chi connectivity index (χ0v) is 11.9. The van der Waals surface area contributed by atoms with Gasteiger partial charge in [-0.1, -0.05) is 30.3 Å². The Hall–Kier alpha value is -1.68. The van der Waals surface area contributed by atoms with Crippen LogP contribution in [-0.2, 0) is 23.5 Å². The van der Waals surface area contributed by atoms with E-state index in [1.807, 2.05) is 36.5 Å². The maximum atomic E-state index is 13.7. The minimum atomic E-state index is -0.634. The highest BCUT2D eigenvalue weighted by Crippen LogP contribution is 2.58. The molecule has 5 rings (SSSR count). The van der Waals surface area contributed by atoms with Gasteiger partial charge < -0.3 is 9.30 Å². The Morgan fingerprint density at radius 1 is 1.19 bits per heavy atom. The molecule has 110 valence electrons. The number of hydrogen-bond acceptors (Lipinski definition) is 2. The number of fused-ring (bicyclic) bond motifs is 1. The highest BCUT2D eigenvalue weighted by Gasteiger charge is 2.58. The van der Waals surface area contributed by atoms with Crippen molar-refractivity contribution < 1.29 is 9.13 Å². The van der Waals surface area contributed by atoms with Gasteiger partial charge in [-0.3, -0.25) is 0 Å². The summed E-state index contributed by atoms with van der Waals surface area (Å²) in [6.07, 6.45) is 5.70. The Morgan fingerprint density at radius 3 is 2.71 bits per heavy atom. The van der Waals surface area contributed by atoms with Crippen LogP contribution in [0.4, 0.5) is 4.39 Å². The molecule has 4 heteroatoms. The highest BCUT2D eigenvalue weighted by molar-refractivity contribution is 5.15. The van der Waals surface area contributed by atoms with Gasteiger partial charge in [-0.2, -0.15) is 0 Å². The average Bonchev–Trinajstić information content (AvgIpc) is 3.11. The Kier molecular flexibility index (Phi) is 3.07. The summed E-state index contributed by atoms with van der Waals surface area (Å²) in [5.74, 6) is 1.18. The molecule has 0 aliphatic heterocycles. The van der Waals surface area contributed by atoms with Crippen LogP contribution in [0.15, 0.2) is 42.7 Å². The van der Waals surface area contributed by atoms with Crippen LogP contribution >= 0.6 is 0 Å². The molecule has 1 aromatic carbocycles. The fourth-order valence-electron chi connectivity index (χ4n) is 3.87. The van der Waals surface area contributed by atoms with Crippen molar-refractivity contribution in [2.24, 2.45) is 5.92 Å². The van der Waals surface area contributed by atoms with Crippen molar-refractivity contribution in [2.75, 3.05) is 0 Å². The van der Waals surface area contributed by atoms with E-state index < -0.39 is 6.17 Å². The van der Waals surface area contributed by atoms with Crippen LogP contribution in [0.25, 0.3) is 0 Å². The van der Waals surface area contributed by atoms with Gasteiger partial charge in [-0.15, -0.1) is 0 Å². The SMILES string of the molecule is FC1CC2(n3ccnc3COCc3ccccc3)CC1C2. The number of rotatable bonds is 5. The van der Waals surface area contributed by atoms with E-state index in [0.29, 0.717) is 19.6 Å². The Balaban J connectivity index is 1.42. The van der Waals surface area contributed by atoms with E-state index in [9.17, 15) is 4.39 Å². The van der Waals surface area contributed by atoms with E-state index in [2.05, 4.69) is 9.55 Å². The van der Waals surface area contributed by atoms with Crippen LogP contribution in [0.1, 0.15) is 30.7 Å². The maximum Gasteiger partial charge on any atom is 0.135 e. The lowest BCUT2D eigenvalue weighted by molar-refractivity contribution is 0.0826. The number of ether oxygens (including phenoxy) is 1. The lowest BCUT2D eigenvalue weighted by Crippen LogP contribution is -2.39. The van der Waals surface area contributed by atoms with Gasteiger partial charge in [0.05, 0.1) is 6.61 Å². The molecular weight excluding hydrogens is 267 g/mol. The summed E-state index contributed by atoms with van der Waals surface area (Å²) in [6.45, 7) is 1.06. The predicted molar refractivity (Wildman–Crippen MR) is 77.4 cm³/mol. The second-order valence-electron chi connectivity index (χ2n) is 6.30. The number of halogens is 1. The van der Waals surface area contributed by atoms with E-state index in [4.69, 9.17) is 4.74 Å². The molecule has 0 N–H and O–H groups in total. The van der Waals surface area contributed by atoms with Gasteiger partial charge in [0.1, 0.15) is 18.6 Å². The molecule has 21 heavy (non-hydrogen) atoms. The van der Waals surface area contributed by atoms with E-state index in [-0.39, 0.29) is 11.5 Å². The number of benzene rings is 1. The quantitative estimate of drug-likeness (QED) is 0.842. The second kappa shape index (κ2) is 4.95. The van der Waals surface area contributed by atoms with E-state index in [1.165, 1.54) is 0 Å². The van der Waals surface area contributed by atoms with E-state index in [1.54, 1.807) is 6.20 Å². The Labute approximate surface area is 123 Å². The molecule has 0 spiro atoms. The number of imidazole rings is 1. The molecule has 1 heterocycles. The molecule has 3 aliphatic rings. The van der Waals surface area contributed by atoms with Gasteiger partial charge in [0.15, 0.2) is 0 Å². The molecule has 1 unspecified atom stereocenters. The van der Waals surface area contributed by atoms with Crippen molar-refractivity contribution in [2.45, 2.75) is 44.2 Å². The molecule has 0 saturated heterocycles. The standard InChI is InChI=1S/C17H19FN2O/c18-15-10-17(8-14(15)9-17)20-7-6-19-16(20)12-21-11-13-4-2-1-3-5-13/h1-7,14-15H,8-12H2. The second-order valence-corrected chi connectivity index (χ2v) is 6.30. The third kappa shape index (κ3) is 2.18. The molecule has 1 atom stereocenters. The first-order valence-electron chi connectivity index (χ1n) is 7.55. The summed E-state index contributed by atoms with van der Waals surface area (Å²) in [6, 6.07) is 10.1. The zero-order chi connectivity index (χ0) is 14.3. The first-order valence-corrected chi connectivity index (χ1v) is 7.55. The predicted octanol–water partition coefficient (Wildman–Crippen LogP) is 3.45. The fraction of sp³-hybridized carbons (Fsp3) is 0.471. The molecule has 3 fully saturated rings. The Bertz CT molecular complexity index is 619. The lowest BCUT2D eigenvalue weighted by atomic mass is 9.76. The molecule has 2 aromatic rings. The van der Waals surface area contributed by atoms with Gasteiger partial charge >= 0.3 is 0 Å². The smallest absolute Gasteiger partial charge is 0.135 e. The topological polar surface area (TPSA) is 27.1 Å². The third-order valence-electron chi connectivity index (χ3n) is 4.94. The first kappa shape index (κ1) is 13.0. The van der Waals surface area contributed by atoms with Crippen LogP contribution in [0.3, 0.4) is 0 Å². The van der Waals surface area contributed by atoms with Crippen LogP contribution in [0.5, 0.6) is 0 Å². The average molecular weight is 286 g/mol. The summed E-state index contributed by atoms with van der Waals surface area (Å²) >= 11 is 0. The molecule has 2 bridgehead atoms. The van der Waals surface area contributed by atoms with Gasteiger partial charge in [0.25, 0.3) is 0 Å². The molecule has 1 aromatic heterocycles. The normalized spacial score (nSPS) is 30.3. The highest BCUT2D eigenvalue weighted by atomic mass is 19.1. The van der Waals surface area contributed by atoms with Crippen LogP contribution in [0.2, 0.25) is 0 Å². The van der Waals surface area contributed by atoms with E-state index >= 15 is 0 Å². The van der Waals surface area contributed by atoms with Gasteiger partial charge in [0.2, 0.25) is 0 Å². The number of nitrogens with zero attached hydrogens (tertiary/aromatic N) is 2. The summed E-state index contributed by atoms with van der Waals surface area (Å²) in [7, 11) is 0. The number of aromatic nitrogens is 2.